The minimum absolute atomic E-state index is 0.000612. The predicted octanol–water partition coefficient (Wildman–Crippen LogP) is 3.39. The minimum Gasteiger partial charge on any atom is -0.497 e. The third kappa shape index (κ3) is 6.35. The third-order valence-corrected chi connectivity index (χ3v) is 8.75. The summed E-state index contributed by atoms with van der Waals surface area (Å²) in [5.41, 5.74) is 0.850. The predicted molar refractivity (Wildman–Crippen MR) is 149 cm³/mol. The highest BCUT2D eigenvalue weighted by atomic mass is 35.5. The molecule has 0 unspecified atom stereocenters. The largest absolute Gasteiger partial charge is 0.497 e. The number of methoxy groups -OCH3 is 2. The zero-order chi connectivity index (χ0) is 28.2. The molecular formula is C26H32ClFN6O4S. The zero-order valence-corrected chi connectivity index (χ0v) is 23.8. The molecule has 2 atom stereocenters. The molecule has 4 rings (SSSR count). The van der Waals surface area contributed by atoms with E-state index in [2.05, 4.69) is 25.5 Å². The summed E-state index contributed by atoms with van der Waals surface area (Å²) >= 11 is 6.55. The molecule has 0 amide bonds. The molecule has 1 aliphatic rings. The molecule has 10 nitrogen and oxygen atoms in total. The highest BCUT2D eigenvalue weighted by molar-refractivity contribution is 7.92. The van der Waals surface area contributed by atoms with Crippen LogP contribution in [0.4, 0.5) is 15.9 Å². The van der Waals surface area contributed by atoms with Gasteiger partial charge in [-0.05, 0) is 51.3 Å². The lowest BCUT2D eigenvalue weighted by Crippen LogP contribution is -2.54. The number of anilines is 2. The van der Waals surface area contributed by atoms with Crippen LogP contribution in [0.3, 0.4) is 0 Å². The van der Waals surface area contributed by atoms with Gasteiger partial charge >= 0.3 is 0 Å². The van der Waals surface area contributed by atoms with Gasteiger partial charge in [0.05, 0.1) is 31.5 Å². The quantitative estimate of drug-likeness (QED) is 0.374. The Hall–Kier alpha value is -3.19. The average molecular weight is 579 g/mol. The highest BCUT2D eigenvalue weighted by Crippen LogP contribution is 2.34. The van der Waals surface area contributed by atoms with Crippen LogP contribution in [0.15, 0.2) is 53.8 Å². The van der Waals surface area contributed by atoms with E-state index in [1.54, 1.807) is 18.2 Å². The third-order valence-electron chi connectivity index (χ3n) is 6.67. The van der Waals surface area contributed by atoms with Crippen LogP contribution in [-0.4, -0.2) is 76.8 Å². The maximum atomic E-state index is 15.6. The lowest BCUT2D eigenvalue weighted by atomic mass is 9.99. The lowest BCUT2D eigenvalue weighted by Gasteiger charge is -2.37. The number of nitrogens with zero attached hydrogens (tertiary/aromatic N) is 4. The molecule has 0 aliphatic carbocycles. The molecule has 210 valence electrons. The van der Waals surface area contributed by atoms with Gasteiger partial charge < -0.3 is 25.0 Å². The molecule has 0 spiro atoms. The maximum Gasteiger partial charge on any atom is 0.268 e. The van der Waals surface area contributed by atoms with Crippen molar-refractivity contribution in [3.63, 3.8) is 0 Å². The number of benzene rings is 2. The second-order valence-electron chi connectivity index (χ2n) is 9.29. The SMILES string of the molecule is COc1ccc(CN(c2ccncn2)S(=O)(=O)c2cc(Cl)c(N[C@H]3CCNC[C@@H]3N(C)C)cc2F)c(OC)c1. The van der Waals surface area contributed by atoms with Crippen molar-refractivity contribution in [3.8, 4) is 11.5 Å². The van der Waals surface area contributed by atoms with E-state index in [1.807, 2.05) is 14.1 Å². The van der Waals surface area contributed by atoms with E-state index in [0.29, 0.717) is 22.7 Å². The first kappa shape index (κ1) is 28.8. The number of ether oxygens (including phenoxy) is 2. The Morgan fingerprint density at radius 1 is 1.18 bits per heavy atom. The van der Waals surface area contributed by atoms with E-state index >= 15 is 4.39 Å². The maximum absolute atomic E-state index is 15.6. The topological polar surface area (TPSA) is 109 Å². The number of hydrogen-bond acceptors (Lipinski definition) is 9. The van der Waals surface area contributed by atoms with Crippen LogP contribution >= 0.6 is 11.6 Å². The van der Waals surface area contributed by atoms with E-state index in [9.17, 15) is 8.42 Å². The number of piperidine rings is 1. The molecule has 0 bridgehead atoms. The summed E-state index contributed by atoms with van der Waals surface area (Å²) in [7, 11) is 2.47. The second-order valence-corrected chi connectivity index (χ2v) is 11.5. The summed E-state index contributed by atoms with van der Waals surface area (Å²) in [5, 5.41) is 6.76. The monoisotopic (exact) mass is 578 g/mol. The molecule has 1 fully saturated rings. The Morgan fingerprint density at radius 2 is 1.97 bits per heavy atom. The van der Waals surface area contributed by atoms with Gasteiger partial charge in [0, 0.05) is 42.5 Å². The van der Waals surface area contributed by atoms with Crippen molar-refractivity contribution >= 4 is 33.1 Å². The Morgan fingerprint density at radius 3 is 2.64 bits per heavy atom. The van der Waals surface area contributed by atoms with Crippen molar-refractivity contribution in [3.05, 3.63) is 65.3 Å². The van der Waals surface area contributed by atoms with Crippen molar-refractivity contribution in [2.75, 3.05) is 51.0 Å². The van der Waals surface area contributed by atoms with E-state index in [-0.39, 0.29) is 29.5 Å². The molecule has 2 heterocycles. The smallest absolute Gasteiger partial charge is 0.268 e. The molecular weight excluding hydrogens is 547 g/mol. The van der Waals surface area contributed by atoms with E-state index in [1.165, 1.54) is 32.8 Å². The number of nitrogens with one attached hydrogen (secondary N) is 2. The van der Waals surface area contributed by atoms with Gasteiger partial charge in [-0.15, -0.1) is 0 Å². The zero-order valence-electron chi connectivity index (χ0n) is 22.2. The number of likely N-dealkylation sites (N-methyl/N-ethyl adjacent to an activating group) is 1. The van der Waals surface area contributed by atoms with Crippen molar-refractivity contribution in [1.82, 2.24) is 20.2 Å². The fourth-order valence-corrected chi connectivity index (χ4v) is 6.32. The first-order valence-electron chi connectivity index (χ1n) is 12.3. The van der Waals surface area contributed by atoms with Crippen LogP contribution in [-0.2, 0) is 16.6 Å². The minimum atomic E-state index is -4.47. The fraction of sp³-hybridized carbons (Fsp3) is 0.385. The summed E-state index contributed by atoms with van der Waals surface area (Å²) in [5.74, 6) is 0.0689. The number of rotatable bonds is 10. The molecule has 1 aromatic heterocycles. The Kier molecular flexibility index (Phi) is 9.11. The second kappa shape index (κ2) is 12.3. The Balaban J connectivity index is 1.71. The van der Waals surface area contributed by atoms with E-state index in [0.717, 1.165) is 35.9 Å². The molecule has 2 N–H and O–H groups in total. The molecule has 0 radical (unpaired) electrons. The molecule has 39 heavy (non-hydrogen) atoms. The van der Waals surface area contributed by atoms with E-state index < -0.39 is 20.7 Å². The van der Waals surface area contributed by atoms with Crippen molar-refractivity contribution < 1.29 is 22.3 Å². The molecule has 0 saturated carbocycles. The van der Waals surface area contributed by atoms with Gasteiger partial charge in [0.2, 0.25) is 0 Å². The average Bonchev–Trinajstić information content (AvgIpc) is 2.93. The van der Waals surface area contributed by atoms with Crippen LogP contribution in [0.2, 0.25) is 5.02 Å². The Bertz CT molecular complexity index is 1400. The summed E-state index contributed by atoms with van der Waals surface area (Å²) in [6.07, 6.45) is 3.43. The highest BCUT2D eigenvalue weighted by Gasteiger charge is 2.32. The molecule has 1 aliphatic heterocycles. The molecule has 3 aromatic rings. The normalized spacial score (nSPS) is 17.6. The van der Waals surface area contributed by atoms with Crippen molar-refractivity contribution in [1.29, 1.82) is 0 Å². The first-order valence-corrected chi connectivity index (χ1v) is 14.1. The van der Waals surface area contributed by atoms with E-state index in [4.69, 9.17) is 21.1 Å². The summed E-state index contributed by atoms with van der Waals surface area (Å²) in [6.45, 7) is 1.38. The first-order chi connectivity index (χ1) is 18.6. The van der Waals surface area contributed by atoms with Gasteiger partial charge in [0.15, 0.2) is 0 Å². The summed E-state index contributed by atoms with van der Waals surface area (Å²) in [6, 6.07) is 8.85. The van der Waals surface area contributed by atoms with Crippen LogP contribution in [0.5, 0.6) is 11.5 Å². The lowest BCUT2D eigenvalue weighted by molar-refractivity contribution is 0.224. The van der Waals surface area contributed by atoms with Crippen LogP contribution in [0.25, 0.3) is 0 Å². The van der Waals surface area contributed by atoms with Crippen LogP contribution in [0.1, 0.15) is 12.0 Å². The van der Waals surface area contributed by atoms with Gasteiger partial charge in [0.1, 0.15) is 34.4 Å². The van der Waals surface area contributed by atoms with Crippen molar-refractivity contribution in [2.45, 2.75) is 29.9 Å². The van der Waals surface area contributed by atoms with Gasteiger partial charge in [-0.25, -0.2) is 27.1 Å². The number of hydrogen-bond donors (Lipinski definition) is 2. The molecule has 2 aromatic carbocycles. The van der Waals surface area contributed by atoms with Crippen LogP contribution in [0, 0.1) is 5.82 Å². The summed E-state index contributed by atoms with van der Waals surface area (Å²) in [4.78, 5) is 9.51. The summed E-state index contributed by atoms with van der Waals surface area (Å²) < 4.78 is 55.2. The number of aromatic nitrogens is 2. The number of halogens is 2. The van der Waals surface area contributed by atoms with Gasteiger partial charge in [-0.3, -0.25) is 0 Å². The van der Waals surface area contributed by atoms with Crippen LogP contribution < -0.4 is 24.4 Å². The Labute approximate surface area is 233 Å². The van der Waals surface area contributed by atoms with Crippen molar-refractivity contribution in [2.24, 2.45) is 0 Å². The van der Waals surface area contributed by atoms with Gasteiger partial charge in [0.25, 0.3) is 10.0 Å². The van der Waals surface area contributed by atoms with Gasteiger partial charge in [-0.1, -0.05) is 11.6 Å². The molecule has 13 heteroatoms. The fourth-order valence-electron chi connectivity index (χ4n) is 4.57. The standard InChI is InChI=1S/C26H32ClFN6O4S/c1-33(2)23-14-29-9-7-21(23)32-22-13-20(28)25(12-19(22)27)39(35,36)34(26-8-10-30-16-31-26)15-17-5-6-18(37-3)11-24(17)38-4/h5-6,8,10-13,16,21,23,29,32H,7,9,14-15H2,1-4H3/t21-,23-/m0/s1. The number of sulfonamides is 1. The molecule has 1 saturated heterocycles. The van der Waals surface area contributed by atoms with Gasteiger partial charge in [-0.2, -0.15) is 0 Å².